The molecule has 1 aromatic carbocycles. The Kier molecular flexibility index (Phi) is 7.04. The fourth-order valence-electron chi connectivity index (χ4n) is 1.95. The summed E-state index contributed by atoms with van der Waals surface area (Å²) in [5, 5.41) is 3.18. The highest BCUT2D eigenvalue weighted by Crippen LogP contribution is 2.23. The van der Waals surface area contributed by atoms with E-state index in [-0.39, 0.29) is 11.8 Å². The molecule has 0 aliphatic rings. The molecule has 0 fully saturated rings. The Morgan fingerprint density at radius 3 is 2.70 bits per heavy atom. The lowest BCUT2D eigenvalue weighted by Gasteiger charge is -2.16. The number of nitrogens with one attached hydrogen (secondary N) is 1. The molecule has 0 spiro atoms. The van der Waals surface area contributed by atoms with Crippen molar-refractivity contribution in [2.24, 2.45) is 0 Å². The van der Waals surface area contributed by atoms with Crippen molar-refractivity contribution < 1.29 is 14.3 Å². The van der Waals surface area contributed by atoms with E-state index in [1.54, 1.807) is 25.3 Å². The first-order valence-electron chi connectivity index (χ1n) is 6.92. The number of benzene rings is 1. The maximum absolute atomic E-state index is 12.4. The van der Waals surface area contributed by atoms with Crippen molar-refractivity contribution in [1.82, 2.24) is 5.32 Å². The lowest BCUT2D eigenvalue weighted by Crippen LogP contribution is -2.38. The van der Waals surface area contributed by atoms with Crippen LogP contribution in [-0.2, 0) is 4.74 Å². The Morgan fingerprint density at radius 2 is 2.15 bits per heavy atom. The molecule has 5 heteroatoms. The zero-order chi connectivity index (χ0) is 15.0. The molecule has 1 atom stereocenters. The summed E-state index contributed by atoms with van der Waals surface area (Å²) in [4.78, 5) is 12.4. The van der Waals surface area contributed by atoms with Crippen molar-refractivity contribution >= 4 is 11.5 Å². The molecule has 3 N–H and O–H groups in total. The van der Waals surface area contributed by atoms with Crippen molar-refractivity contribution in [1.29, 1.82) is 0 Å². The van der Waals surface area contributed by atoms with Gasteiger partial charge in [-0.05, 0) is 31.5 Å². The normalized spacial score (nSPS) is 12.2. The monoisotopic (exact) mass is 280 g/mol. The Balaban J connectivity index is 2.76. The van der Waals surface area contributed by atoms with Crippen LogP contribution in [0.2, 0.25) is 0 Å². The summed E-state index contributed by atoms with van der Waals surface area (Å²) in [5.74, 6) is 0.655. The first-order chi connectivity index (χ1) is 9.63. The molecule has 1 aromatic rings. The molecule has 0 radical (unpaired) electrons. The van der Waals surface area contributed by atoms with Gasteiger partial charge in [-0.3, -0.25) is 4.79 Å². The van der Waals surface area contributed by atoms with Crippen molar-refractivity contribution in [3.05, 3.63) is 23.8 Å². The zero-order valence-corrected chi connectivity index (χ0v) is 12.4. The Labute approximate surface area is 120 Å². The van der Waals surface area contributed by atoms with Crippen LogP contribution >= 0.6 is 0 Å². The highest BCUT2D eigenvalue weighted by molar-refractivity contribution is 6.01. The molecule has 0 saturated carbocycles. The van der Waals surface area contributed by atoms with Crippen molar-refractivity contribution in [2.75, 3.05) is 32.6 Å². The Hall–Kier alpha value is -1.59. The van der Waals surface area contributed by atoms with Gasteiger partial charge in [0.2, 0.25) is 0 Å². The van der Waals surface area contributed by atoms with E-state index in [0.29, 0.717) is 36.8 Å². The van der Waals surface area contributed by atoms with Crippen molar-refractivity contribution in [3.63, 3.8) is 0 Å². The number of Topliss-reactive ketones (excluding diaryl/α,β-unsaturated/α-hetero) is 1. The maximum atomic E-state index is 12.4. The molecule has 0 amide bonds. The number of anilines is 1. The van der Waals surface area contributed by atoms with Gasteiger partial charge in [0.25, 0.3) is 0 Å². The molecule has 0 aromatic heterocycles. The third kappa shape index (κ3) is 4.51. The number of hydrogen-bond donors (Lipinski definition) is 2. The third-order valence-electron chi connectivity index (χ3n) is 3.02. The molecule has 0 heterocycles. The van der Waals surface area contributed by atoms with E-state index in [0.717, 1.165) is 6.42 Å². The van der Waals surface area contributed by atoms with Gasteiger partial charge in [-0.25, -0.2) is 0 Å². The summed E-state index contributed by atoms with van der Waals surface area (Å²) in [6.07, 6.45) is 0.718. The average molecular weight is 280 g/mol. The van der Waals surface area contributed by atoms with Gasteiger partial charge in [-0.2, -0.15) is 0 Å². The highest BCUT2D eigenvalue weighted by atomic mass is 16.5. The van der Waals surface area contributed by atoms with E-state index in [9.17, 15) is 4.79 Å². The molecular formula is C15H24N2O3. The number of methoxy groups -OCH3 is 1. The summed E-state index contributed by atoms with van der Waals surface area (Å²) < 4.78 is 10.3. The molecule has 0 bridgehead atoms. The van der Waals surface area contributed by atoms with Crippen LogP contribution in [0.1, 0.15) is 30.6 Å². The molecule has 0 aliphatic carbocycles. The van der Waals surface area contributed by atoms with Gasteiger partial charge in [0.15, 0.2) is 5.78 Å². The van der Waals surface area contributed by atoms with E-state index in [1.807, 2.05) is 13.8 Å². The minimum Gasteiger partial charge on any atom is -0.492 e. The average Bonchev–Trinajstić information content (AvgIpc) is 2.45. The molecule has 0 aliphatic heterocycles. The summed E-state index contributed by atoms with van der Waals surface area (Å²) in [7, 11) is 1.64. The molecule has 20 heavy (non-hydrogen) atoms. The van der Waals surface area contributed by atoms with Gasteiger partial charge in [-0.1, -0.05) is 6.92 Å². The Morgan fingerprint density at radius 1 is 1.40 bits per heavy atom. The number of carbonyl (C=O) groups is 1. The lowest BCUT2D eigenvalue weighted by molar-refractivity contribution is 0.0934. The fourth-order valence-corrected chi connectivity index (χ4v) is 1.95. The smallest absolute Gasteiger partial charge is 0.179 e. The number of nitrogen functional groups attached to an aromatic ring is 1. The summed E-state index contributed by atoms with van der Waals surface area (Å²) in [6, 6.07) is 4.95. The second-order valence-corrected chi connectivity index (χ2v) is 4.46. The summed E-state index contributed by atoms with van der Waals surface area (Å²) in [6.45, 7) is 5.64. The third-order valence-corrected chi connectivity index (χ3v) is 3.02. The summed E-state index contributed by atoms with van der Waals surface area (Å²) in [5.41, 5.74) is 6.98. The van der Waals surface area contributed by atoms with E-state index >= 15 is 0 Å². The summed E-state index contributed by atoms with van der Waals surface area (Å²) >= 11 is 0. The number of nitrogens with two attached hydrogens (primary N) is 1. The Bertz CT molecular complexity index is 435. The predicted molar refractivity (Wildman–Crippen MR) is 80.3 cm³/mol. The van der Waals surface area contributed by atoms with Crippen LogP contribution in [0.4, 0.5) is 5.69 Å². The number of hydrogen-bond acceptors (Lipinski definition) is 5. The minimum absolute atomic E-state index is 0.0401. The van der Waals surface area contributed by atoms with Gasteiger partial charge in [0.05, 0.1) is 24.9 Å². The quantitative estimate of drug-likeness (QED) is 0.410. The van der Waals surface area contributed by atoms with Crippen LogP contribution in [0.25, 0.3) is 0 Å². The van der Waals surface area contributed by atoms with Gasteiger partial charge in [0.1, 0.15) is 5.75 Å². The first kappa shape index (κ1) is 16.5. The maximum Gasteiger partial charge on any atom is 0.179 e. The fraction of sp³-hybridized carbons (Fsp3) is 0.533. The number of rotatable bonds is 9. The molecule has 1 unspecified atom stereocenters. The van der Waals surface area contributed by atoms with Crippen LogP contribution < -0.4 is 15.8 Å². The number of ether oxygens (including phenoxy) is 2. The molecule has 5 nitrogen and oxygen atoms in total. The van der Waals surface area contributed by atoms with Crippen LogP contribution in [0, 0.1) is 0 Å². The molecule has 1 rings (SSSR count). The number of ketones is 1. The van der Waals surface area contributed by atoms with Gasteiger partial charge in [0, 0.05) is 19.2 Å². The predicted octanol–water partition coefficient (Wildman–Crippen LogP) is 1.86. The van der Waals surface area contributed by atoms with Crippen molar-refractivity contribution in [2.45, 2.75) is 26.3 Å². The van der Waals surface area contributed by atoms with E-state index in [4.69, 9.17) is 15.2 Å². The van der Waals surface area contributed by atoms with Crippen molar-refractivity contribution in [3.8, 4) is 5.75 Å². The van der Waals surface area contributed by atoms with Gasteiger partial charge in [-0.15, -0.1) is 0 Å². The molecule has 0 saturated heterocycles. The second-order valence-electron chi connectivity index (χ2n) is 4.46. The topological polar surface area (TPSA) is 73.6 Å². The number of carbonyl (C=O) groups excluding carboxylic acids is 1. The van der Waals surface area contributed by atoms with Gasteiger partial charge >= 0.3 is 0 Å². The molecular weight excluding hydrogens is 256 g/mol. The standard InChI is InChI=1S/C15H24N2O3/c1-4-13(17-8-9-19-3)15(18)11-6-7-14(20-5-2)12(16)10-11/h6-7,10,13,17H,4-5,8-9,16H2,1-3H3. The minimum atomic E-state index is -0.220. The largest absolute Gasteiger partial charge is 0.492 e. The van der Waals surface area contributed by atoms with Crippen LogP contribution in [0.5, 0.6) is 5.75 Å². The van der Waals surface area contributed by atoms with E-state index in [1.165, 1.54) is 0 Å². The van der Waals surface area contributed by atoms with Crippen LogP contribution in [0.3, 0.4) is 0 Å². The second kappa shape index (κ2) is 8.55. The lowest BCUT2D eigenvalue weighted by atomic mass is 10.0. The van der Waals surface area contributed by atoms with Gasteiger partial charge < -0.3 is 20.5 Å². The van der Waals surface area contributed by atoms with E-state index in [2.05, 4.69) is 5.32 Å². The zero-order valence-electron chi connectivity index (χ0n) is 12.4. The van der Waals surface area contributed by atoms with Crippen LogP contribution in [-0.4, -0.2) is 38.7 Å². The first-order valence-corrected chi connectivity index (χ1v) is 6.92. The van der Waals surface area contributed by atoms with E-state index < -0.39 is 0 Å². The highest BCUT2D eigenvalue weighted by Gasteiger charge is 2.18. The SMILES string of the molecule is CCOc1ccc(C(=O)C(CC)NCCOC)cc1N. The van der Waals surface area contributed by atoms with Crippen LogP contribution in [0.15, 0.2) is 18.2 Å². The molecule has 112 valence electrons.